The Balaban J connectivity index is 2.34. The van der Waals surface area contributed by atoms with Gasteiger partial charge in [-0.05, 0) is 18.6 Å². The van der Waals surface area contributed by atoms with Gasteiger partial charge in [-0.25, -0.2) is 0 Å². The number of amides is 1. The number of nitro groups is 1. The first-order valence-corrected chi connectivity index (χ1v) is 6.27. The molecule has 0 bridgehead atoms. The molecule has 0 saturated heterocycles. The maximum atomic E-state index is 12.6. The number of aromatic nitrogens is 2. The zero-order valence-corrected chi connectivity index (χ0v) is 12.0. The first kappa shape index (κ1) is 16.5. The number of nitrogens with one attached hydrogen (secondary N) is 1. The zero-order valence-electron chi connectivity index (χ0n) is 12.0. The van der Waals surface area contributed by atoms with Gasteiger partial charge in [0.1, 0.15) is 11.4 Å². The van der Waals surface area contributed by atoms with Gasteiger partial charge in [0.05, 0.1) is 4.92 Å². The van der Waals surface area contributed by atoms with E-state index < -0.39 is 22.7 Å². The predicted molar refractivity (Wildman–Crippen MR) is 74.0 cm³/mol. The Bertz CT molecular complexity index is 783. The summed E-state index contributed by atoms with van der Waals surface area (Å²) in [6.07, 6.45) is -4.69. The monoisotopic (exact) mass is 328 g/mol. The number of anilines is 1. The Morgan fingerprint density at radius 3 is 2.52 bits per heavy atom. The van der Waals surface area contributed by atoms with Crippen LogP contribution < -0.4 is 5.32 Å². The van der Waals surface area contributed by atoms with E-state index >= 15 is 0 Å². The van der Waals surface area contributed by atoms with E-state index in [0.29, 0.717) is 11.6 Å². The summed E-state index contributed by atoms with van der Waals surface area (Å²) >= 11 is 0. The summed E-state index contributed by atoms with van der Waals surface area (Å²) in [5.41, 5.74) is -1.44. The molecule has 0 atom stereocenters. The van der Waals surface area contributed by atoms with Crippen LogP contribution in [-0.2, 0) is 13.2 Å². The van der Waals surface area contributed by atoms with Crippen molar-refractivity contribution in [1.29, 1.82) is 0 Å². The molecule has 2 rings (SSSR count). The smallest absolute Gasteiger partial charge is 0.315 e. The molecule has 0 unspecified atom stereocenters. The fraction of sp³-hybridized carbons (Fsp3) is 0.231. The molecule has 0 saturated carbocycles. The average molecular weight is 328 g/mol. The number of hydrogen-bond donors (Lipinski definition) is 1. The van der Waals surface area contributed by atoms with Gasteiger partial charge < -0.3 is 5.32 Å². The van der Waals surface area contributed by atoms with Crippen molar-refractivity contribution >= 4 is 17.3 Å². The average Bonchev–Trinajstić information content (AvgIpc) is 2.82. The van der Waals surface area contributed by atoms with Crippen molar-refractivity contribution < 1.29 is 22.9 Å². The Morgan fingerprint density at radius 1 is 1.35 bits per heavy atom. The molecular formula is C13H11F3N4O3. The fourth-order valence-electron chi connectivity index (χ4n) is 1.90. The van der Waals surface area contributed by atoms with Crippen molar-refractivity contribution in [2.24, 2.45) is 7.05 Å². The minimum Gasteiger partial charge on any atom is -0.315 e. The normalized spacial score (nSPS) is 11.3. The van der Waals surface area contributed by atoms with Gasteiger partial charge in [-0.3, -0.25) is 19.6 Å². The molecule has 0 aliphatic rings. The summed E-state index contributed by atoms with van der Waals surface area (Å²) in [6.45, 7) is 1.63. The number of carbonyl (C=O) groups excluding carboxylic acids is 1. The molecule has 1 aromatic heterocycles. The fourth-order valence-corrected chi connectivity index (χ4v) is 1.90. The van der Waals surface area contributed by atoms with Crippen LogP contribution in [-0.4, -0.2) is 20.6 Å². The summed E-state index contributed by atoms with van der Waals surface area (Å²) in [7, 11) is 1.17. The van der Waals surface area contributed by atoms with Gasteiger partial charge in [-0.1, -0.05) is 6.07 Å². The third-order valence-electron chi connectivity index (χ3n) is 3.00. The second kappa shape index (κ2) is 5.71. The lowest BCUT2D eigenvalue weighted by Gasteiger charge is -2.06. The molecule has 7 nitrogen and oxygen atoms in total. The third kappa shape index (κ3) is 3.47. The van der Waals surface area contributed by atoms with E-state index in [1.807, 2.05) is 0 Å². The van der Waals surface area contributed by atoms with E-state index in [4.69, 9.17) is 0 Å². The van der Waals surface area contributed by atoms with E-state index in [1.165, 1.54) is 25.2 Å². The lowest BCUT2D eigenvalue weighted by atomic mass is 10.2. The molecule has 0 radical (unpaired) electrons. The van der Waals surface area contributed by atoms with Crippen LogP contribution in [0.2, 0.25) is 0 Å². The highest BCUT2D eigenvalue weighted by Gasteiger charge is 2.35. The maximum Gasteiger partial charge on any atom is 0.435 e. The molecule has 23 heavy (non-hydrogen) atoms. The third-order valence-corrected chi connectivity index (χ3v) is 3.00. The van der Waals surface area contributed by atoms with E-state index in [1.54, 1.807) is 6.92 Å². The molecule has 1 amide bonds. The van der Waals surface area contributed by atoms with Crippen molar-refractivity contribution in [1.82, 2.24) is 9.78 Å². The number of rotatable bonds is 3. The largest absolute Gasteiger partial charge is 0.435 e. The van der Waals surface area contributed by atoms with Gasteiger partial charge >= 0.3 is 6.18 Å². The van der Waals surface area contributed by atoms with Crippen molar-refractivity contribution in [2.45, 2.75) is 13.1 Å². The Labute approximate surface area is 127 Å². The van der Waals surface area contributed by atoms with Crippen molar-refractivity contribution in [3.8, 4) is 0 Å². The van der Waals surface area contributed by atoms with Crippen LogP contribution in [0.1, 0.15) is 21.7 Å². The Kier molecular flexibility index (Phi) is 4.08. The molecular weight excluding hydrogens is 317 g/mol. The van der Waals surface area contributed by atoms with Crippen molar-refractivity contribution in [3.05, 3.63) is 51.3 Å². The van der Waals surface area contributed by atoms with Gasteiger partial charge in [0.25, 0.3) is 11.6 Å². The molecule has 10 heteroatoms. The highest BCUT2D eigenvalue weighted by molar-refractivity contribution is 6.04. The molecule has 0 fully saturated rings. The number of alkyl halides is 3. The van der Waals surface area contributed by atoms with Crippen LogP contribution >= 0.6 is 0 Å². The van der Waals surface area contributed by atoms with Crippen molar-refractivity contribution in [2.75, 3.05) is 5.32 Å². The summed E-state index contributed by atoms with van der Waals surface area (Å²) < 4.78 is 38.5. The SMILES string of the molecule is Cc1ccc(NC(=O)c2cc(C(F)(F)F)nn2C)c([N+](=O)[O-])c1. The summed E-state index contributed by atoms with van der Waals surface area (Å²) in [4.78, 5) is 22.4. The van der Waals surface area contributed by atoms with Gasteiger partial charge in [0.2, 0.25) is 0 Å². The van der Waals surface area contributed by atoms with Crippen LogP contribution in [0.4, 0.5) is 24.5 Å². The number of nitrogens with zero attached hydrogens (tertiary/aromatic N) is 3. The lowest BCUT2D eigenvalue weighted by molar-refractivity contribution is -0.384. The molecule has 1 N–H and O–H groups in total. The Hall–Kier alpha value is -2.91. The minimum absolute atomic E-state index is 0.111. The van der Waals surface area contributed by atoms with Gasteiger partial charge in [-0.15, -0.1) is 0 Å². The summed E-state index contributed by atoms with van der Waals surface area (Å²) in [6, 6.07) is 4.68. The molecule has 1 aromatic carbocycles. The molecule has 0 aliphatic carbocycles. The van der Waals surface area contributed by atoms with Crippen LogP contribution in [0, 0.1) is 17.0 Å². The number of aryl methyl sites for hydroxylation is 2. The standard InChI is InChI=1S/C13H11F3N4O3/c1-7-3-4-8(9(5-7)20(22)23)17-12(21)10-6-11(13(14,15)16)18-19(10)2/h3-6H,1-2H3,(H,17,21). The molecule has 2 aromatic rings. The first-order valence-electron chi connectivity index (χ1n) is 6.27. The maximum absolute atomic E-state index is 12.6. The number of carbonyl (C=O) groups is 1. The molecule has 122 valence electrons. The summed E-state index contributed by atoms with van der Waals surface area (Å²) in [5.74, 6) is -0.928. The molecule has 1 heterocycles. The summed E-state index contributed by atoms with van der Waals surface area (Å²) in [5, 5.41) is 16.4. The number of nitro benzene ring substituents is 1. The highest BCUT2D eigenvalue weighted by Crippen LogP contribution is 2.29. The Morgan fingerprint density at radius 2 is 2.00 bits per heavy atom. The van der Waals surface area contributed by atoms with E-state index in [9.17, 15) is 28.1 Å². The van der Waals surface area contributed by atoms with Crippen LogP contribution in [0.5, 0.6) is 0 Å². The number of halogens is 3. The highest BCUT2D eigenvalue weighted by atomic mass is 19.4. The van der Waals surface area contributed by atoms with Gasteiger partial charge in [0, 0.05) is 19.2 Å². The van der Waals surface area contributed by atoms with E-state index in [-0.39, 0.29) is 17.1 Å². The second-order valence-corrected chi connectivity index (χ2v) is 4.77. The topological polar surface area (TPSA) is 90.1 Å². The lowest BCUT2D eigenvalue weighted by Crippen LogP contribution is -2.16. The van der Waals surface area contributed by atoms with E-state index in [0.717, 1.165) is 4.68 Å². The van der Waals surface area contributed by atoms with Gasteiger partial charge in [-0.2, -0.15) is 18.3 Å². The zero-order chi connectivity index (χ0) is 17.4. The first-order chi connectivity index (χ1) is 10.6. The number of benzene rings is 1. The van der Waals surface area contributed by atoms with E-state index in [2.05, 4.69) is 10.4 Å². The quantitative estimate of drug-likeness (QED) is 0.693. The van der Waals surface area contributed by atoms with Gasteiger partial charge in [0.15, 0.2) is 5.69 Å². The minimum atomic E-state index is -4.69. The van der Waals surface area contributed by atoms with Crippen LogP contribution in [0.25, 0.3) is 0 Å². The number of hydrogen-bond acceptors (Lipinski definition) is 4. The van der Waals surface area contributed by atoms with Crippen molar-refractivity contribution in [3.63, 3.8) is 0 Å². The van der Waals surface area contributed by atoms with Crippen LogP contribution in [0.3, 0.4) is 0 Å². The second-order valence-electron chi connectivity index (χ2n) is 4.77. The molecule has 0 aliphatic heterocycles. The predicted octanol–water partition coefficient (Wildman–Crippen LogP) is 2.91. The van der Waals surface area contributed by atoms with Crippen LogP contribution in [0.15, 0.2) is 24.3 Å². The molecule has 0 spiro atoms.